The van der Waals surface area contributed by atoms with Crippen molar-refractivity contribution in [3.8, 4) is 0 Å². The lowest BCUT2D eigenvalue weighted by Gasteiger charge is -2.20. The van der Waals surface area contributed by atoms with Crippen molar-refractivity contribution in [2.75, 3.05) is 19.4 Å². The highest BCUT2D eigenvalue weighted by Gasteiger charge is 2.20. The predicted octanol–water partition coefficient (Wildman–Crippen LogP) is 3.90. The number of hydrogen-bond acceptors (Lipinski definition) is 5. The van der Waals surface area contributed by atoms with E-state index >= 15 is 0 Å². The molecule has 148 valence electrons. The average Bonchev–Trinajstić information content (AvgIpc) is 3.02. The Morgan fingerprint density at radius 1 is 1.30 bits per heavy atom. The summed E-state index contributed by atoms with van der Waals surface area (Å²) < 4.78 is 0. The van der Waals surface area contributed by atoms with Gasteiger partial charge in [0.25, 0.3) is 5.91 Å². The molecule has 0 radical (unpaired) electrons. The van der Waals surface area contributed by atoms with Gasteiger partial charge in [0, 0.05) is 31.5 Å². The van der Waals surface area contributed by atoms with Gasteiger partial charge in [0.2, 0.25) is 0 Å². The smallest absolute Gasteiger partial charge is 0.255 e. The van der Waals surface area contributed by atoms with Crippen molar-refractivity contribution < 1.29 is 4.79 Å². The van der Waals surface area contributed by atoms with Gasteiger partial charge in [0.1, 0.15) is 11.3 Å². The van der Waals surface area contributed by atoms with Gasteiger partial charge < -0.3 is 20.5 Å². The number of amides is 1. The zero-order chi connectivity index (χ0) is 20.8. The van der Waals surface area contributed by atoms with Crippen LogP contribution in [-0.4, -0.2) is 45.4 Å². The molecule has 0 bridgehead atoms. The van der Waals surface area contributed by atoms with Gasteiger partial charge >= 0.3 is 0 Å². The van der Waals surface area contributed by atoms with Gasteiger partial charge in [-0.3, -0.25) is 4.79 Å². The Labute approximate surface area is 162 Å². The van der Waals surface area contributed by atoms with Crippen molar-refractivity contribution in [3.05, 3.63) is 42.0 Å². The Morgan fingerprint density at radius 3 is 2.44 bits per heavy atom. The lowest BCUT2D eigenvalue weighted by Crippen LogP contribution is -2.40. The van der Waals surface area contributed by atoms with Crippen molar-refractivity contribution in [1.82, 2.24) is 25.2 Å². The molecule has 0 unspecified atom stereocenters. The van der Waals surface area contributed by atoms with Crippen LogP contribution in [0.15, 0.2) is 36.4 Å². The van der Waals surface area contributed by atoms with Gasteiger partial charge in [-0.05, 0) is 33.8 Å². The molecule has 7 nitrogen and oxygen atoms in total. The first-order valence-corrected chi connectivity index (χ1v) is 9.06. The maximum atomic E-state index is 12.5. The van der Waals surface area contributed by atoms with Gasteiger partial charge in [-0.15, -0.1) is 0 Å². The van der Waals surface area contributed by atoms with Crippen LogP contribution in [0.1, 0.15) is 51.9 Å². The van der Waals surface area contributed by atoms with Gasteiger partial charge in [0.05, 0.1) is 17.5 Å². The van der Waals surface area contributed by atoms with E-state index in [4.69, 9.17) is 0 Å². The normalized spacial score (nSPS) is 11.9. The topological polar surface area (TPSA) is 85.9 Å². The van der Waals surface area contributed by atoms with Crippen LogP contribution >= 0.6 is 0 Å². The van der Waals surface area contributed by atoms with Crippen LogP contribution in [-0.2, 0) is 0 Å². The molecular formula is C20H32N6O. The third-order valence-electron chi connectivity index (χ3n) is 3.64. The minimum Gasteiger partial charge on any atom is -0.380 e. The predicted molar refractivity (Wildman–Crippen MR) is 113 cm³/mol. The van der Waals surface area contributed by atoms with Crippen LogP contribution in [0.4, 0.5) is 5.82 Å². The number of fused-ring (bicyclic) bond motifs is 1. The Balaban J connectivity index is 0.00000176. The fourth-order valence-corrected chi connectivity index (χ4v) is 2.20. The summed E-state index contributed by atoms with van der Waals surface area (Å²) in [6.07, 6.45) is 4.98. The molecule has 27 heavy (non-hydrogen) atoms. The Bertz CT molecular complexity index is 827. The van der Waals surface area contributed by atoms with Crippen molar-refractivity contribution in [2.24, 2.45) is 0 Å². The summed E-state index contributed by atoms with van der Waals surface area (Å²) >= 11 is 0. The van der Waals surface area contributed by atoms with Gasteiger partial charge in [-0.25, -0.2) is 9.97 Å². The third-order valence-corrected chi connectivity index (χ3v) is 3.64. The molecule has 0 atom stereocenters. The van der Waals surface area contributed by atoms with E-state index in [1.807, 2.05) is 60.5 Å². The van der Waals surface area contributed by atoms with Crippen molar-refractivity contribution in [3.63, 3.8) is 0 Å². The molecule has 2 aromatic rings. The number of carbonyl (C=O) groups excluding carboxylic acids is 1. The number of carbonyl (C=O) groups is 1. The molecular weight excluding hydrogens is 340 g/mol. The second-order valence-corrected chi connectivity index (χ2v) is 7.08. The lowest BCUT2D eigenvalue weighted by atomic mass is 10.1. The molecule has 0 aliphatic heterocycles. The zero-order valence-corrected chi connectivity index (χ0v) is 17.7. The minimum atomic E-state index is -0.328. The second-order valence-electron chi connectivity index (χ2n) is 7.08. The highest BCUT2D eigenvalue weighted by atomic mass is 16.1. The number of anilines is 1. The number of allylic oxidation sites excluding steroid dienone is 2. The largest absolute Gasteiger partial charge is 0.380 e. The summed E-state index contributed by atoms with van der Waals surface area (Å²) in [7, 11) is 3.91. The molecule has 1 amide bonds. The van der Waals surface area contributed by atoms with E-state index in [1.54, 1.807) is 18.5 Å². The highest BCUT2D eigenvalue weighted by Crippen LogP contribution is 2.19. The molecule has 0 aromatic carbocycles. The molecule has 2 heterocycles. The van der Waals surface area contributed by atoms with Crippen LogP contribution in [0, 0.1) is 0 Å². The maximum absolute atomic E-state index is 12.5. The number of hydrogen-bond donors (Lipinski definition) is 3. The van der Waals surface area contributed by atoms with Crippen LogP contribution in [0.25, 0.3) is 11.2 Å². The summed E-state index contributed by atoms with van der Waals surface area (Å²) in [5, 5.41) is 6.15. The Hall–Kier alpha value is -2.83. The maximum Gasteiger partial charge on any atom is 0.255 e. The first-order valence-electron chi connectivity index (χ1n) is 9.06. The standard InChI is InChI=1S/C18H26N6O.C2H6/c1-8-13(11(2)24(6)7)21-14-10-20-16-15(22-14)12(9-19-16)17(25)23-18(3,4)5;1-2/h8-10H,1H2,2-7H3,(H,19,20)(H,21,22)(H,23,25);1-2H3/b13-11+;. The van der Waals surface area contributed by atoms with E-state index in [0.717, 1.165) is 11.4 Å². The third kappa shape index (κ3) is 5.84. The molecule has 0 fully saturated rings. The lowest BCUT2D eigenvalue weighted by molar-refractivity contribution is 0.0921. The Kier molecular flexibility index (Phi) is 7.57. The molecule has 3 N–H and O–H groups in total. The SMILES string of the molecule is C=C/C(Nc1cnc2[nH]cc(C(=O)NC(C)(C)C)c2n1)=C(/C)N(C)C.CC. The molecule has 0 saturated carbocycles. The van der Waals surface area contributed by atoms with Crippen molar-refractivity contribution in [2.45, 2.75) is 47.1 Å². The van der Waals surface area contributed by atoms with E-state index in [9.17, 15) is 4.79 Å². The average molecular weight is 373 g/mol. The highest BCUT2D eigenvalue weighted by molar-refractivity contribution is 6.04. The summed E-state index contributed by atoms with van der Waals surface area (Å²) in [5.74, 6) is 0.363. The first kappa shape index (κ1) is 22.2. The molecule has 0 saturated heterocycles. The second kappa shape index (κ2) is 9.21. The quantitative estimate of drug-likeness (QED) is 0.693. The van der Waals surface area contributed by atoms with Crippen LogP contribution in [0.5, 0.6) is 0 Å². The number of aromatic nitrogens is 3. The van der Waals surface area contributed by atoms with Gasteiger partial charge in [-0.1, -0.05) is 20.4 Å². The van der Waals surface area contributed by atoms with E-state index < -0.39 is 0 Å². The summed E-state index contributed by atoms with van der Waals surface area (Å²) in [6, 6.07) is 0. The summed E-state index contributed by atoms with van der Waals surface area (Å²) in [4.78, 5) is 26.3. The van der Waals surface area contributed by atoms with E-state index in [2.05, 4.69) is 32.2 Å². The first-order chi connectivity index (χ1) is 12.6. The fourth-order valence-electron chi connectivity index (χ4n) is 2.20. The summed E-state index contributed by atoms with van der Waals surface area (Å²) in [5.41, 5.74) is 3.07. The molecule has 7 heteroatoms. The van der Waals surface area contributed by atoms with Crippen molar-refractivity contribution in [1.29, 1.82) is 0 Å². The number of H-pyrrole nitrogens is 1. The van der Waals surface area contributed by atoms with Crippen molar-refractivity contribution >= 4 is 22.9 Å². The Morgan fingerprint density at radius 2 is 1.93 bits per heavy atom. The van der Waals surface area contributed by atoms with E-state index in [-0.39, 0.29) is 11.4 Å². The van der Waals surface area contributed by atoms with Crippen LogP contribution in [0.2, 0.25) is 0 Å². The van der Waals surface area contributed by atoms with E-state index in [0.29, 0.717) is 22.5 Å². The summed E-state index contributed by atoms with van der Waals surface area (Å²) in [6.45, 7) is 15.6. The molecule has 0 aliphatic carbocycles. The monoisotopic (exact) mass is 372 g/mol. The minimum absolute atomic E-state index is 0.186. The number of rotatable bonds is 5. The van der Waals surface area contributed by atoms with E-state index in [1.165, 1.54) is 0 Å². The number of nitrogens with one attached hydrogen (secondary N) is 3. The fraction of sp³-hybridized carbons (Fsp3) is 0.450. The number of nitrogens with zero attached hydrogens (tertiary/aromatic N) is 3. The molecule has 2 aromatic heterocycles. The van der Waals surface area contributed by atoms with Crippen LogP contribution < -0.4 is 10.6 Å². The number of aromatic amines is 1. The van der Waals surface area contributed by atoms with Crippen LogP contribution in [0.3, 0.4) is 0 Å². The zero-order valence-electron chi connectivity index (χ0n) is 17.7. The van der Waals surface area contributed by atoms with Gasteiger partial charge in [-0.2, -0.15) is 0 Å². The van der Waals surface area contributed by atoms with Gasteiger partial charge in [0.15, 0.2) is 5.65 Å². The molecule has 0 spiro atoms. The molecule has 2 rings (SSSR count). The molecule has 0 aliphatic rings.